The topological polar surface area (TPSA) is 108 Å². The van der Waals surface area contributed by atoms with Crippen LogP contribution in [0, 0.1) is 6.92 Å². The van der Waals surface area contributed by atoms with Gasteiger partial charge in [-0.2, -0.15) is 0 Å². The van der Waals surface area contributed by atoms with Gasteiger partial charge in [-0.05, 0) is 13.3 Å². The van der Waals surface area contributed by atoms with Gasteiger partial charge in [0, 0.05) is 39.3 Å². The average molecular weight is 346 g/mol. The SMILES string of the molecule is CNc1cc(N2CCC(O)(CN(C)C(=O)c3cc(C)on3)C2)ncn1. The summed E-state index contributed by atoms with van der Waals surface area (Å²) in [5, 5.41) is 17.6. The molecule has 0 spiro atoms. The predicted octanol–water partition coefficient (Wildman–Crippen LogP) is 0.528. The number of nitrogens with zero attached hydrogens (tertiary/aromatic N) is 5. The molecule has 9 heteroatoms. The summed E-state index contributed by atoms with van der Waals surface area (Å²) in [5.74, 6) is 1.76. The number of aliphatic hydroxyl groups is 1. The lowest BCUT2D eigenvalue weighted by atomic mass is 10.0. The van der Waals surface area contributed by atoms with Crippen LogP contribution in [0.25, 0.3) is 0 Å². The zero-order valence-corrected chi connectivity index (χ0v) is 14.6. The summed E-state index contributed by atoms with van der Waals surface area (Å²) in [7, 11) is 3.44. The molecule has 1 aliphatic heterocycles. The zero-order valence-electron chi connectivity index (χ0n) is 14.6. The Balaban J connectivity index is 1.65. The number of nitrogens with one attached hydrogen (secondary N) is 1. The summed E-state index contributed by atoms with van der Waals surface area (Å²) < 4.78 is 4.94. The highest BCUT2D eigenvalue weighted by Crippen LogP contribution is 2.27. The van der Waals surface area contributed by atoms with Crippen molar-refractivity contribution in [1.82, 2.24) is 20.0 Å². The van der Waals surface area contributed by atoms with E-state index in [1.807, 2.05) is 11.0 Å². The van der Waals surface area contributed by atoms with Crippen molar-refractivity contribution in [2.45, 2.75) is 18.9 Å². The molecule has 0 saturated carbocycles. The van der Waals surface area contributed by atoms with Crippen LogP contribution in [-0.2, 0) is 0 Å². The molecule has 1 atom stereocenters. The molecule has 3 heterocycles. The van der Waals surface area contributed by atoms with Gasteiger partial charge < -0.3 is 24.7 Å². The number of rotatable bonds is 5. The summed E-state index contributed by atoms with van der Waals surface area (Å²) in [6.07, 6.45) is 2.03. The van der Waals surface area contributed by atoms with Gasteiger partial charge in [-0.25, -0.2) is 9.97 Å². The molecule has 0 aromatic carbocycles. The third kappa shape index (κ3) is 3.71. The minimum atomic E-state index is -1.01. The maximum absolute atomic E-state index is 12.4. The summed E-state index contributed by atoms with van der Waals surface area (Å²) in [6.45, 7) is 2.98. The molecule has 2 aromatic rings. The van der Waals surface area contributed by atoms with Gasteiger partial charge >= 0.3 is 0 Å². The zero-order chi connectivity index (χ0) is 18.0. The number of carbonyl (C=O) groups is 1. The smallest absolute Gasteiger partial charge is 0.275 e. The molecule has 0 aliphatic carbocycles. The standard InChI is InChI=1S/C16H22N6O3/c1-11-6-12(20-25-11)15(23)21(3)8-16(24)4-5-22(9-16)14-7-13(17-2)18-10-19-14/h6-7,10,24H,4-5,8-9H2,1-3H3,(H,17,18,19). The Kier molecular flexibility index (Phi) is 4.58. The highest BCUT2D eigenvalue weighted by Gasteiger charge is 2.39. The van der Waals surface area contributed by atoms with Crippen molar-refractivity contribution in [3.8, 4) is 0 Å². The fourth-order valence-electron chi connectivity index (χ4n) is 3.01. The van der Waals surface area contributed by atoms with Crippen LogP contribution in [0.15, 0.2) is 23.0 Å². The molecule has 0 bridgehead atoms. The fraction of sp³-hybridized carbons (Fsp3) is 0.500. The van der Waals surface area contributed by atoms with E-state index in [4.69, 9.17) is 4.52 Å². The van der Waals surface area contributed by atoms with Gasteiger partial charge in [-0.1, -0.05) is 5.16 Å². The number of aryl methyl sites for hydroxylation is 1. The summed E-state index contributed by atoms with van der Waals surface area (Å²) in [5.41, 5.74) is -0.763. The van der Waals surface area contributed by atoms with Gasteiger partial charge in [-0.3, -0.25) is 4.79 Å². The Morgan fingerprint density at radius 1 is 1.48 bits per heavy atom. The maximum atomic E-state index is 12.4. The van der Waals surface area contributed by atoms with Crippen molar-refractivity contribution in [2.24, 2.45) is 0 Å². The van der Waals surface area contributed by atoms with Gasteiger partial charge in [0.2, 0.25) is 0 Å². The summed E-state index contributed by atoms with van der Waals surface area (Å²) in [6, 6.07) is 3.42. The minimum absolute atomic E-state index is 0.207. The number of hydrogen-bond donors (Lipinski definition) is 2. The van der Waals surface area contributed by atoms with Crippen molar-refractivity contribution in [1.29, 1.82) is 0 Å². The Hall–Kier alpha value is -2.68. The molecule has 25 heavy (non-hydrogen) atoms. The Morgan fingerprint density at radius 3 is 2.96 bits per heavy atom. The molecule has 2 N–H and O–H groups in total. The van der Waals surface area contributed by atoms with Crippen LogP contribution in [0.1, 0.15) is 22.7 Å². The van der Waals surface area contributed by atoms with Crippen LogP contribution in [0.2, 0.25) is 0 Å². The van der Waals surface area contributed by atoms with Gasteiger partial charge in [-0.15, -0.1) is 0 Å². The van der Waals surface area contributed by atoms with Crippen LogP contribution in [0.3, 0.4) is 0 Å². The van der Waals surface area contributed by atoms with Crippen molar-refractivity contribution in [3.63, 3.8) is 0 Å². The number of β-amino-alcohol motifs (C(OH)–C–C–N with tert-alkyl or cyclic N) is 1. The number of hydrogen-bond acceptors (Lipinski definition) is 8. The Morgan fingerprint density at radius 2 is 2.28 bits per heavy atom. The number of likely N-dealkylation sites (N-methyl/N-ethyl adjacent to an activating group) is 1. The number of anilines is 2. The van der Waals surface area contributed by atoms with Crippen molar-refractivity contribution >= 4 is 17.5 Å². The van der Waals surface area contributed by atoms with E-state index in [0.29, 0.717) is 31.1 Å². The molecule has 1 fully saturated rings. The van der Waals surface area contributed by atoms with E-state index >= 15 is 0 Å². The van der Waals surface area contributed by atoms with Gasteiger partial charge in [0.1, 0.15) is 29.3 Å². The first kappa shape index (κ1) is 17.2. The molecule has 1 unspecified atom stereocenters. The third-order valence-corrected chi connectivity index (χ3v) is 4.29. The van der Waals surface area contributed by atoms with E-state index < -0.39 is 5.60 Å². The molecule has 0 radical (unpaired) electrons. The first-order valence-electron chi connectivity index (χ1n) is 8.06. The lowest BCUT2D eigenvalue weighted by Gasteiger charge is -2.28. The molecule has 9 nitrogen and oxygen atoms in total. The highest BCUT2D eigenvalue weighted by atomic mass is 16.5. The average Bonchev–Trinajstić information content (AvgIpc) is 3.20. The van der Waals surface area contributed by atoms with E-state index in [1.54, 1.807) is 27.1 Å². The van der Waals surface area contributed by atoms with E-state index in [1.165, 1.54) is 11.2 Å². The molecule has 1 aliphatic rings. The normalized spacial score (nSPS) is 19.9. The molecule has 2 aromatic heterocycles. The second-order valence-corrected chi connectivity index (χ2v) is 6.39. The van der Waals surface area contributed by atoms with Crippen LogP contribution in [0.5, 0.6) is 0 Å². The fourth-order valence-corrected chi connectivity index (χ4v) is 3.01. The second kappa shape index (κ2) is 6.67. The Labute approximate surface area is 145 Å². The van der Waals surface area contributed by atoms with Crippen LogP contribution < -0.4 is 10.2 Å². The second-order valence-electron chi connectivity index (χ2n) is 6.39. The van der Waals surface area contributed by atoms with Crippen LogP contribution >= 0.6 is 0 Å². The van der Waals surface area contributed by atoms with Gasteiger partial charge in [0.05, 0.1) is 6.54 Å². The van der Waals surface area contributed by atoms with Gasteiger partial charge in [0.25, 0.3) is 5.91 Å². The number of aromatic nitrogens is 3. The van der Waals surface area contributed by atoms with E-state index in [-0.39, 0.29) is 18.1 Å². The highest BCUT2D eigenvalue weighted by molar-refractivity contribution is 5.92. The Bertz CT molecular complexity index is 764. The molecule has 1 amide bonds. The van der Waals surface area contributed by atoms with Crippen molar-refractivity contribution in [3.05, 3.63) is 29.9 Å². The molecular formula is C16H22N6O3. The van der Waals surface area contributed by atoms with Crippen molar-refractivity contribution in [2.75, 3.05) is 43.9 Å². The molecule has 3 rings (SSSR count). The lowest BCUT2D eigenvalue weighted by Crippen LogP contribution is -2.46. The predicted molar refractivity (Wildman–Crippen MR) is 91.6 cm³/mol. The molecule has 134 valence electrons. The maximum Gasteiger partial charge on any atom is 0.275 e. The van der Waals surface area contributed by atoms with Crippen LogP contribution in [0.4, 0.5) is 11.6 Å². The number of amides is 1. The van der Waals surface area contributed by atoms with E-state index in [2.05, 4.69) is 20.4 Å². The molecule has 1 saturated heterocycles. The third-order valence-electron chi connectivity index (χ3n) is 4.29. The van der Waals surface area contributed by atoms with Gasteiger partial charge in [0.15, 0.2) is 5.69 Å². The van der Waals surface area contributed by atoms with E-state index in [0.717, 1.165) is 5.82 Å². The van der Waals surface area contributed by atoms with E-state index in [9.17, 15) is 9.90 Å². The summed E-state index contributed by atoms with van der Waals surface area (Å²) >= 11 is 0. The van der Waals surface area contributed by atoms with Crippen LogP contribution in [-0.4, -0.2) is 70.4 Å². The first-order valence-corrected chi connectivity index (χ1v) is 8.06. The largest absolute Gasteiger partial charge is 0.386 e. The minimum Gasteiger partial charge on any atom is -0.386 e. The molecular weight excluding hydrogens is 324 g/mol. The number of carbonyl (C=O) groups excluding carboxylic acids is 1. The summed E-state index contributed by atoms with van der Waals surface area (Å²) in [4.78, 5) is 24.2. The monoisotopic (exact) mass is 346 g/mol. The quantitative estimate of drug-likeness (QED) is 0.807. The van der Waals surface area contributed by atoms with Crippen molar-refractivity contribution < 1.29 is 14.4 Å². The first-order chi connectivity index (χ1) is 11.9. The lowest BCUT2D eigenvalue weighted by molar-refractivity contribution is 0.0260.